The first-order valence-electron chi connectivity index (χ1n) is 6.64. The minimum atomic E-state index is -1.88. The number of alkyl halides is 1. The quantitative estimate of drug-likeness (QED) is 0.797. The van der Waals surface area contributed by atoms with Crippen LogP contribution in [0.2, 0.25) is 0 Å². The summed E-state index contributed by atoms with van der Waals surface area (Å²) >= 11 is 0. The van der Waals surface area contributed by atoms with E-state index in [4.69, 9.17) is 14.2 Å². The molecule has 0 N–H and O–H groups in total. The topological polar surface area (TPSA) is 44.8 Å². The van der Waals surface area contributed by atoms with Gasteiger partial charge < -0.3 is 14.2 Å². The minimum absolute atomic E-state index is 0.388. The number of halogens is 1. The van der Waals surface area contributed by atoms with E-state index in [-0.39, 0.29) is 0 Å². The van der Waals surface area contributed by atoms with E-state index in [9.17, 15) is 9.18 Å². The first-order valence-corrected chi connectivity index (χ1v) is 6.64. The number of esters is 1. The highest BCUT2D eigenvalue weighted by atomic mass is 19.1. The van der Waals surface area contributed by atoms with Crippen LogP contribution in [0.1, 0.15) is 30.6 Å². The number of hydrogen-bond acceptors (Lipinski definition) is 4. The number of rotatable bonds is 4. The number of methoxy groups -OCH3 is 1. The van der Waals surface area contributed by atoms with Gasteiger partial charge in [-0.3, -0.25) is 0 Å². The second-order valence-electron chi connectivity index (χ2n) is 4.99. The van der Waals surface area contributed by atoms with Crippen LogP contribution in [-0.2, 0) is 14.2 Å². The van der Waals surface area contributed by atoms with Crippen molar-refractivity contribution in [3.05, 3.63) is 35.9 Å². The van der Waals surface area contributed by atoms with E-state index in [1.807, 2.05) is 6.92 Å². The second kappa shape index (κ2) is 5.89. The fourth-order valence-electron chi connectivity index (χ4n) is 2.41. The van der Waals surface area contributed by atoms with Gasteiger partial charge in [-0.15, -0.1) is 0 Å². The van der Waals surface area contributed by atoms with Crippen molar-refractivity contribution in [2.45, 2.75) is 44.4 Å². The Hall–Kier alpha value is -1.46. The van der Waals surface area contributed by atoms with Gasteiger partial charge in [-0.25, -0.2) is 9.18 Å². The smallest absolute Gasteiger partial charge is 0.338 e. The monoisotopic (exact) mass is 282 g/mol. The van der Waals surface area contributed by atoms with Crippen molar-refractivity contribution in [3.8, 4) is 0 Å². The van der Waals surface area contributed by atoms with Crippen molar-refractivity contribution < 1.29 is 23.4 Å². The average molecular weight is 282 g/mol. The van der Waals surface area contributed by atoms with Crippen molar-refractivity contribution in [2.24, 2.45) is 0 Å². The van der Waals surface area contributed by atoms with Crippen molar-refractivity contribution in [1.82, 2.24) is 0 Å². The first-order chi connectivity index (χ1) is 9.50. The van der Waals surface area contributed by atoms with Crippen LogP contribution in [-0.4, -0.2) is 37.2 Å². The van der Waals surface area contributed by atoms with E-state index >= 15 is 0 Å². The molecule has 1 aromatic rings. The zero-order valence-electron chi connectivity index (χ0n) is 11.8. The third-order valence-corrected chi connectivity index (χ3v) is 3.51. The summed E-state index contributed by atoms with van der Waals surface area (Å²) in [6.07, 6.45) is -1.99. The fourth-order valence-corrected chi connectivity index (χ4v) is 2.41. The van der Waals surface area contributed by atoms with E-state index in [2.05, 4.69) is 0 Å². The summed E-state index contributed by atoms with van der Waals surface area (Å²) in [5.74, 6) is -0.557. The molecule has 20 heavy (non-hydrogen) atoms. The fraction of sp³-hybridized carbons (Fsp3) is 0.533. The van der Waals surface area contributed by atoms with E-state index < -0.39 is 30.1 Å². The molecule has 2 unspecified atom stereocenters. The van der Waals surface area contributed by atoms with Gasteiger partial charge in [0.25, 0.3) is 0 Å². The molecule has 0 spiro atoms. The van der Waals surface area contributed by atoms with Crippen molar-refractivity contribution in [1.29, 1.82) is 0 Å². The molecule has 4 atom stereocenters. The van der Waals surface area contributed by atoms with Crippen LogP contribution in [0.4, 0.5) is 4.39 Å². The maximum absolute atomic E-state index is 14.7. The summed E-state index contributed by atoms with van der Waals surface area (Å²) < 4.78 is 30.5. The number of carbonyl (C=O) groups is 1. The molecule has 0 aromatic heterocycles. The molecule has 0 saturated carbocycles. The first kappa shape index (κ1) is 14.9. The number of ether oxygens (including phenoxy) is 3. The van der Waals surface area contributed by atoms with Gasteiger partial charge in [-0.05, 0) is 25.5 Å². The number of benzene rings is 1. The van der Waals surface area contributed by atoms with Gasteiger partial charge in [0.15, 0.2) is 18.1 Å². The Morgan fingerprint density at radius 2 is 2.05 bits per heavy atom. The van der Waals surface area contributed by atoms with Crippen LogP contribution in [0.15, 0.2) is 30.3 Å². The van der Waals surface area contributed by atoms with Crippen LogP contribution in [0.5, 0.6) is 0 Å². The van der Waals surface area contributed by atoms with E-state index in [1.165, 1.54) is 14.0 Å². The minimum Gasteiger partial charge on any atom is -0.452 e. The van der Waals surface area contributed by atoms with Gasteiger partial charge in [0.05, 0.1) is 5.56 Å². The summed E-state index contributed by atoms with van der Waals surface area (Å²) in [6.45, 7) is 3.18. The van der Waals surface area contributed by atoms with Crippen LogP contribution in [0.25, 0.3) is 0 Å². The number of hydrogen-bond donors (Lipinski definition) is 0. The summed E-state index contributed by atoms with van der Waals surface area (Å²) in [6, 6.07) is 8.51. The molecule has 0 bridgehead atoms. The van der Waals surface area contributed by atoms with Gasteiger partial charge in [-0.2, -0.15) is 0 Å². The Labute approximate surface area is 117 Å². The zero-order chi connectivity index (χ0) is 14.8. The molecule has 0 amide bonds. The van der Waals surface area contributed by atoms with Gasteiger partial charge >= 0.3 is 5.97 Å². The highest BCUT2D eigenvalue weighted by molar-refractivity contribution is 5.89. The Balaban J connectivity index is 2.16. The Kier molecular flexibility index (Phi) is 4.40. The summed E-state index contributed by atoms with van der Waals surface area (Å²) in [4.78, 5) is 12.1. The average Bonchev–Trinajstić information content (AvgIpc) is 2.70. The highest BCUT2D eigenvalue weighted by Crippen LogP contribution is 2.38. The molecule has 0 radical (unpaired) electrons. The van der Waals surface area contributed by atoms with Crippen LogP contribution < -0.4 is 0 Å². The molecule has 1 aliphatic rings. The molecular weight excluding hydrogens is 263 g/mol. The van der Waals surface area contributed by atoms with Crippen LogP contribution in [0.3, 0.4) is 0 Å². The third kappa shape index (κ3) is 2.69. The molecule has 1 aromatic carbocycles. The molecule has 1 saturated heterocycles. The van der Waals surface area contributed by atoms with Crippen molar-refractivity contribution >= 4 is 5.97 Å². The maximum atomic E-state index is 14.7. The van der Waals surface area contributed by atoms with Crippen LogP contribution in [0, 0.1) is 0 Å². The lowest BCUT2D eigenvalue weighted by Crippen LogP contribution is -2.44. The predicted octanol–water partition coefficient (Wildman–Crippen LogP) is 2.72. The molecule has 1 aliphatic heterocycles. The lowest BCUT2D eigenvalue weighted by Gasteiger charge is -2.26. The SMILES string of the molecule is CC[C@H]1OC(OC)C(C)(F)[C@H]1OC(=O)c1ccccc1. The van der Waals surface area contributed by atoms with Crippen molar-refractivity contribution in [3.63, 3.8) is 0 Å². The summed E-state index contributed by atoms with van der Waals surface area (Å²) in [5.41, 5.74) is -1.49. The zero-order valence-corrected chi connectivity index (χ0v) is 11.8. The summed E-state index contributed by atoms with van der Waals surface area (Å²) in [7, 11) is 1.37. The van der Waals surface area contributed by atoms with Crippen molar-refractivity contribution in [2.75, 3.05) is 7.11 Å². The molecule has 2 rings (SSSR count). The molecule has 1 fully saturated rings. The molecule has 1 heterocycles. The molecule has 0 aliphatic carbocycles. The Morgan fingerprint density at radius 3 is 2.60 bits per heavy atom. The Bertz CT molecular complexity index is 460. The highest BCUT2D eigenvalue weighted by Gasteiger charge is 2.56. The predicted molar refractivity (Wildman–Crippen MR) is 71.1 cm³/mol. The van der Waals surface area contributed by atoms with Gasteiger partial charge in [0, 0.05) is 7.11 Å². The molecule has 110 valence electrons. The standard InChI is InChI=1S/C15H19FO4/c1-4-11-12(15(2,16)14(18-3)19-11)20-13(17)10-8-6-5-7-9-10/h5-9,11-12,14H,4H2,1-3H3/t11-,12+,14?,15?/m1/s1. The van der Waals surface area contributed by atoms with E-state index in [0.717, 1.165) is 0 Å². The lowest BCUT2D eigenvalue weighted by molar-refractivity contribution is -0.160. The maximum Gasteiger partial charge on any atom is 0.338 e. The van der Waals surface area contributed by atoms with Gasteiger partial charge in [-0.1, -0.05) is 25.1 Å². The molecule has 5 heteroatoms. The second-order valence-corrected chi connectivity index (χ2v) is 4.99. The lowest BCUT2D eigenvalue weighted by atomic mass is 9.98. The largest absolute Gasteiger partial charge is 0.452 e. The molecular formula is C15H19FO4. The van der Waals surface area contributed by atoms with E-state index in [1.54, 1.807) is 30.3 Å². The normalized spacial score (nSPS) is 33.1. The third-order valence-electron chi connectivity index (χ3n) is 3.51. The van der Waals surface area contributed by atoms with Gasteiger partial charge in [0.2, 0.25) is 0 Å². The van der Waals surface area contributed by atoms with Gasteiger partial charge in [0.1, 0.15) is 6.10 Å². The summed E-state index contributed by atoms with van der Waals surface area (Å²) in [5, 5.41) is 0. The molecule has 4 nitrogen and oxygen atoms in total. The Morgan fingerprint density at radius 1 is 1.40 bits per heavy atom. The van der Waals surface area contributed by atoms with Crippen LogP contribution >= 0.6 is 0 Å². The number of carbonyl (C=O) groups excluding carboxylic acids is 1. The van der Waals surface area contributed by atoms with E-state index in [0.29, 0.717) is 12.0 Å².